The number of nitrogens with zero attached hydrogens (tertiary/aromatic N) is 3. The molecule has 3 atom stereocenters. The maximum absolute atomic E-state index is 6.09. The van der Waals surface area contributed by atoms with E-state index in [4.69, 9.17) is 10.5 Å². The van der Waals surface area contributed by atoms with Gasteiger partial charge in [-0.15, -0.1) is 0 Å². The lowest BCUT2D eigenvalue weighted by Crippen LogP contribution is -2.32. The van der Waals surface area contributed by atoms with Gasteiger partial charge in [0.05, 0.1) is 6.10 Å². The van der Waals surface area contributed by atoms with Crippen molar-refractivity contribution in [1.82, 2.24) is 9.97 Å². The molecule has 2 N–H and O–H groups in total. The molecular weight excluding hydrogens is 252 g/mol. The van der Waals surface area contributed by atoms with Crippen molar-refractivity contribution in [2.45, 2.75) is 45.3 Å². The van der Waals surface area contributed by atoms with Crippen molar-refractivity contribution in [1.29, 1.82) is 0 Å². The van der Waals surface area contributed by atoms with Gasteiger partial charge in [-0.1, -0.05) is 0 Å². The van der Waals surface area contributed by atoms with E-state index < -0.39 is 0 Å². The van der Waals surface area contributed by atoms with E-state index in [2.05, 4.69) is 14.9 Å². The number of hydrogen-bond acceptors (Lipinski definition) is 5. The number of ether oxygens (including phenoxy) is 1. The van der Waals surface area contributed by atoms with Crippen molar-refractivity contribution in [2.24, 2.45) is 17.6 Å². The fraction of sp³-hybridized carbons (Fsp3) is 0.733. The molecule has 0 aromatic carbocycles. The Morgan fingerprint density at radius 2 is 2.05 bits per heavy atom. The largest absolute Gasteiger partial charge is 0.475 e. The molecule has 5 heteroatoms. The zero-order valence-electron chi connectivity index (χ0n) is 12.3. The van der Waals surface area contributed by atoms with Crippen molar-refractivity contribution in [3.05, 3.63) is 12.4 Å². The molecule has 5 nitrogen and oxygen atoms in total. The fourth-order valence-corrected chi connectivity index (χ4v) is 3.46. The molecule has 110 valence electrons. The van der Waals surface area contributed by atoms with E-state index in [1.165, 1.54) is 12.8 Å². The number of anilines is 1. The molecule has 1 aliphatic carbocycles. The molecule has 1 saturated carbocycles. The highest BCUT2D eigenvalue weighted by molar-refractivity contribution is 5.42. The van der Waals surface area contributed by atoms with Gasteiger partial charge in [0.1, 0.15) is 12.1 Å². The molecule has 1 saturated heterocycles. The summed E-state index contributed by atoms with van der Waals surface area (Å²) in [5.41, 5.74) is 6.09. The van der Waals surface area contributed by atoms with Crippen LogP contribution in [0.3, 0.4) is 0 Å². The van der Waals surface area contributed by atoms with Crippen molar-refractivity contribution in [3.8, 4) is 5.88 Å². The smallest absolute Gasteiger partial charge is 0.218 e. The highest BCUT2D eigenvalue weighted by Gasteiger charge is 2.37. The van der Waals surface area contributed by atoms with Crippen LogP contribution >= 0.6 is 0 Å². The van der Waals surface area contributed by atoms with Crippen molar-refractivity contribution in [3.63, 3.8) is 0 Å². The number of aromatic nitrogens is 2. The Balaban J connectivity index is 1.71. The SMILES string of the molecule is CC(C)Oc1cc(N2C[C@H]3CCC(N)C[C@H]3C2)ncn1. The summed E-state index contributed by atoms with van der Waals surface area (Å²) in [5, 5.41) is 0. The maximum Gasteiger partial charge on any atom is 0.218 e. The summed E-state index contributed by atoms with van der Waals surface area (Å²) < 4.78 is 5.65. The van der Waals surface area contributed by atoms with Crippen LogP contribution in [0.2, 0.25) is 0 Å². The summed E-state index contributed by atoms with van der Waals surface area (Å²) >= 11 is 0. The third kappa shape index (κ3) is 2.87. The van der Waals surface area contributed by atoms with Gasteiger partial charge in [0.25, 0.3) is 0 Å². The van der Waals surface area contributed by atoms with Crippen LogP contribution in [0, 0.1) is 11.8 Å². The minimum atomic E-state index is 0.136. The first-order valence-electron chi connectivity index (χ1n) is 7.61. The van der Waals surface area contributed by atoms with Crippen LogP contribution < -0.4 is 15.4 Å². The molecule has 2 aliphatic rings. The molecule has 0 radical (unpaired) electrons. The normalized spacial score (nSPS) is 29.6. The minimum absolute atomic E-state index is 0.136. The zero-order chi connectivity index (χ0) is 14.1. The average molecular weight is 276 g/mol. The van der Waals surface area contributed by atoms with Gasteiger partial charge in [-0.25, -0.2) is 9.97 Å². The maximum atomic E-state index is 6.09. The molecule has 1 aromatic rings. The van der Waals surface area contributed by atoms with Crippen molar-refractivity contribution >= 4 is 5.82 Å². The van der Waals surface area contributed by atoms with Gasteiger partial charge in [0.15, 0.2) is 0 Å². The quantitative estimate of drug-likeness (QED) is 0.912. The van der Waals surface area contributed by atoms with Gasteiger partial charge in [-0.3, -0.25) is 0 Å². The highest BCUT2D eigenvalue weighted by atomic mass is 16.5. The number of hydrogen-bond donors (Lipinski definition) is 1. The summed E-state index contributed by atoms with van der Waals surface area (Å²) in [5.74, 6) is 3.15. The molecule has 1 unspecified atom stereocenters. The third-order valence-corrected chi connectivity index (χ3v) is 4.40. The molecule has 1 aliphatic heterocycles. The highest BCUT2D eigenvalue weighted by Crippen LogP contribution is 2.37. The van der Waals surface area contributed by atoms with E-state index in [1.54, 1.807) is 6.33 Å². The van der Waals surface area contributed by atoms with E-state index in [-0.39, 0.29) is 6.10 Å². The Morgan fingerprint density at radius 1 is 1.25 bits per heavy atom. The van der Waals surface area contributed by atoms with E-state index >= 15 is 0 Å². The van der Waals surface area contributed by atoms with Gasteiger partial charge in [-0.2, -0.15) is 0 Å². The summed E-state index contributed by atoms with van der Waals surface area (Å²) in [6, 6.07) is 2.35. The van der Waals surface area contributed by atoms with Crippen molar-refractivity contribution < 1.29 is 4.74 Å². The second-order valence-electron chi connectivity index (χ2n) is 6.38. The van der Waals surface area contributed by atoms with Crippen LogP contribution in [0.15, 0.2) is 12.4 Å². The van der Waals surface area contributed by atoms with Crippen LogP contribution in [-0.4, -0.2) is 35.2 Å². The lowest BCUT2D eigenvalue weighted by Gasteiger charge is -2.27. The number of fused-ring (bicyclic) bond motifs is 1. The first-order valence-corrected chi connectivity index (χ1v) is 7.61. The Bertz CT molecular complexity index is 465. The van der Waals surface area contributed by atoms with Gasteiger partial charge in [0.2, 0.25) is 5.88 Å². The fourth-order valence-electron chi connectivity index (χ4n) is 3.46. The summed E-state index contributed by atoms with van der Waals surface area (Å²) in [7, 11) is 0. The van der Waals surface area contributed by atoms with Gasteiger partial charge >= 0.3 is 0 Å². The predicted molar refractivity (Wildman–Crippen MR) is 78.8 cm³/mol. The lowest BCUT2D eigenvalue weighted by molar-refractivity contribution is 0.232. The molecule has 2 heterocycles. The number of nitrogens with two attached hydrogens (primary N) is 1. The molecule has 1 aromatic heterocycles. The first kappa shape index (κ1) is 13.6. The summed E-state index contributed by atoms with van der Waals surface area (Å²) in [6.07, 6.45) is 5.31. The molecule has 3 rings (SSSR count). The molecule has 0 amide bonds. The van der Waals surface area contributed by atoms with Crippen LogP contribution in [0.4, 0.5) is 5.82 Å². The van der Waals surface area contributed by atoms with Crippen LogP contribution in [0.1, 0.15) is 33.1 Å². The zero-order valence-corrected chi connectivity index (χ0v) is 12.3. The predicted octanol–water partition coefficient (Wildman–Crippen LogP) is 1.83. The van der Waals surface area contributed by atoms with Crippen LogP contribution in [0.5, 0.6) is 5.88 Å². The summed E-state index contributed by atoms with van der Waals surface area (Å²) in [4.78, 5) is 10.9. The Hall–Kier alpha value is -1.36. The molecule has 0 spiro atoms. The van der Waals surface area contributed by atoms with E-state index in [0.717, 1.165) is 37.2 Å². The molecule has 2 fully saturated rings. The monoisotopic (exact) mass is 276 g/mol. The second kappa shape index (κ2) is 5.56. The van der Waals surface area contributed by atoms with Crippen molar-refractivity contribution in [2.75, 3.05) is 18.0 Å². The molecule has 20 heavy (non-hydrogen) atoms. The van der Waals surface area contributed by atoms with Gasteiger partial charge < -0.3 is 15.4 Å². The van der Waals surface area contributed by atoms with Crippen LogP contribution in [0.25, 0.3) is 0 Å². The van der Waals surface area contributed by atoms with E-state index in [9.17, 15) is 0 Å². The van der Waals surface area contributed by atoms with Gasteiger partial charge in [0, 0.05) is 25.2 Å². The Morgan fingerprint density at radius 3 is 2.85 bits per heavy atom. The Labute approximate surface area is 120 Å². The Kier molecular flexibility index (Phi) is 3.78. The van der Waals surface area contributed by atoms with E-state index in [0.29, 0.717) is 11.9 Å². The third-order valence-electron chi connectivity index (χ3n) is 4.40. The minimum Gasteiger partial charge on any atom is -0.475 e. The standard InChI is InChI=1S/C15H24N4O/c1-10(2)20-15-6-14(17-9-18-15)19-7-11-3-4-13(16)5-12(11)8-19/h6,9-13H,3-5,7-8,16H2,1-2H3/t11-,12+,13?/m1/s1. The first-order chi connectivity index (χ1) is 9.61. The summed E-state index contributed by atoms with van der Waals surface area (Å²) in [6.45, 7) is 6.17. The second-order valence-corrected chi connectivity index (χ2v) is 6.38. The topological polar surface area (TPSA) is 64.3 Å². The number of rotatable bonds is 3. The lowest BCUT2D eigenvalue weighted by atomic mass is 9.79. The van der Waals surface area contributed by atoms with E-state index in [1.807, 2.05) is 19.9 Å². The molecule has 0 bridgehead atoms. The molecular formula is C15H24N4O. The van der Waals surface area contributed by atoms with Gasteiger partial charge in [-0.05, 0) is 44.9 Å². The average Bonchev–Trinajstić information content (AvgIpc) is 2.81. The van der Waals surface area contributed by atoms with Crippen LogP contribution in [-0.2, 0) is 0 Å².